The fourth-order valence-corrected chi connectivity index (χ4v) is 7.31. The lowest BCUT2D eigenvalue weighted by Crippen LogP contribution is -2.70. The van der Waals surface area contributed by atoms with Gasteiger partial charge in [-0.3, -0.25) is 19.2 Å². The predicted molar refractivity (Wildman–Crippen MR) is 116 cm³/mol. The molecule has 9 heteroatoms. The zero-order valence-corrected chi connectivity index (χ0v) is 19.8. The number of alkyl halides is 1. The lowest BCUT2D eigenvalue weighted by Gasteiger charge is -2.62. The van der Waals surface area contributed by atoms with Crippen molar-refractivity contribution in [1.29, 1.82) is 0 Å². The molecule has 0 aromatic carbocycles. The lowest BCUT2D eigenvalue weighted by atomic mass is 9.44. The molecule has 8 atom stereocenters. The second kappa shape index (κ2) is 7.81. The summed E-state index contributed by atoms with van der Waals surface area (Å²) in [5.74, 6) is -3.93. The van der Waals surface area contributed by atoms with Crippen LogP contribution in [0.2, 0.25) is 0 Å². The second-order valence-electron chi connectivity index (χ2n) is 10.6. The highest BCUT2D eigenvalue weighted by Crippen LogP contribution is 2.70. The number of ether oxygens (including phenoxy) is 2. The van der Waals surface area contributed by atoms with Crippen LogP contribution in [0.3, 0.4) is 0 Å². The van der Waals surface area contributed by atoms with Crippen LogP contribution in [0, 0.1) is 22.7 Å². The summed E-state index contributed by atoms with van der Waals surface area (Å²) in [4.78, 5) is 48.4. The van der Waals surface area contributed by atoms with Crippen LogP contribution in [-0.4, -0.2) is 63.8 Å². The molecule has 0 aromatic heterocycles. The van der Waals surface area contributed by atoms with E-state index in [4.69, 9.17) is 9.47 Å². The van der Waals surface area contributed by atoms with Crippen LogP contribution < -0.4 is 0 Å². The Labute approximate surface area is 197 Å². The number of fused-ring (bicyclic) bond motifs is 5. The number of Topliss-reactive ketones (excluding diaryl/α,β-unsaturated/α-hetero) is 1. The predicted octanol–water partition coefficient (Wildman–Crippen LogP) is 1.76. The summed E-state index contributed by atoms with van der Waals surface area (Å²) in [6, 6.07) is 0. The Kier molecular flexibility index (Phi) is 5.68. The summed E-state index contributed by atoms with van der Waals surface area (Å²) in [6.07, 6.45) is 1.82. The Morgan fingerprint density at radius 2 is 1.85 bits per heavy atom. The van der Waals surface area contributed by atoms with Gasteiger partial charge in [0.25, 0.3) is 0 Å². The first-order chi connectivity index (χ1) is 15.7. The first-order valence-corrected chi connectivity index (χ1v) is 11.6. The third kappa shape index (κ3) is 3.09. The lowest BCUT2D eigenvalue weighted by molar-refractivity contribution is -0.224. The average Bonchev–Trinajstić information content (AvgIpc) is 2.95. The van der Waals surface area contributed by atoms with E-state index >= 15 is 4.39 Å². The fourth-order valence-electron chi connectivity index (χ4n) is 7.31. The summed E-state index contributed by atoms with van der Waals surface area (Å²) < 4.78 is 27.4. The molecule has 0 amide bonds. The summed E-state index contributed by atoms with van der Waals surface area (Å²) in [5.41, 5.74) is -6.42. The van der Waals surface area contributed by atoms with Gasteiger partial charge in [-0.2, -0.15) is 0 Å². The smallest absolute Gasteiger partial charge is 0.303 e. The highest BCUT2D eigenvalue weighted by Gasteiger charge is 2.77. The molecule has 34 heavy (non-hydrogen) atoms. The molecule has 0 aromatic rings. The van der Waals surface area contributed by atoms with Crippen LogP contribution in [0.25, 0.3) is 0 Å². The zero-order valence-electron chi connectivity index (χ0n) is 19.8. The van der Waals surface area contributed by atoms with Crippen molar-refractivity contribution in [2.24, 2.45) is 22.7 Å². The SMILES string of the molecule is CC(=O)OCC(=O)[C@@]1(O)[C@H](OC(C)=O)CC2C3CCC4=CC(=O)C=CC4(C)[C@@]3(F)[C@@H](O)CC21C. The number of esters is 2. The molecule has 3 saturated carbocycles. The molecule has 186 valence electrons. The quantitative estimate of drug-likeness (QED) is 0.586. The number of carbonyl (C=O) groups is 4. The highest BCUT2D eigenvalue weighted by atomic mass is 19.1. The number of rotatable bonds is 4. The molecule has 0 aliphatic heterocycles. The molecule has 4 unspecified atom stereocenters. The topological polar surface area (TPSA) is 127 Å². The molecule has 0 bridgehead atoms. The van der Waals surface area contributed by atoms with Gasteiger partial charge in [0, 0.05) is 30.6 Å². The molecule has 0 saturated heterocycles. The summed E-state index contributed by atoms with van der Waals surface area (Å²) in [6.45, 7) is 4.80. The van der Waals surface area contributed by atoms with Crippen LogP contribution in [0.15, 0.2) is 23.8 Å². The number of aliphatic hydroxyl groups is 2. The van der Waals surface area contributed by atoms with Gasteiger partial charge in [0.2, 0.25) is 5.78 Å². The van der Waals surface area contributed by atoms with Gasteiger partial charge in [-0.25, -0.2) is 4.39 Å². The number of aliphatic hydroxyl groups excluding tert-OH is 1. The van der Waals surface area contributed by atoms with E-state index < -0.39 is 70.5 Å². The largest absolute Gasteiger partial charge is 0.459 e. The Balaban J connectivity index is 1.80. The van der Waals surface area contributed by atoms with E-state index in [-0.39, 0.29) is 25.0 Å². The van der Waals surface area contributed by atoms with Crippen molar-refractivity contribution < 1.29 is 43.3 Å². The molecule has 4 aliphatic rings. The molecule has 0 spiro atoms. The maximum absolute atomic E-state index is 17.2. The van der Waals surface area contributed by atoms with Gasteiger partial charge in [0.05, 0.1) is 6.10 Å². The third-order valence-electron chi connectivity index (χ3n) is 8.98. The molecular formula is C25H31FO8. The highest BCUT2D eigenvalue weighted by molar-refractivity contribution is 6.01. The third-order valence-corrected chi connectivity index (χ3v) is 8.98. The maximum atomic E-state index is 17.2. The van der Waals surface area contributed by atoms with E-state index in [1.54, 1.807) is 13.8 Å². The monoisotopic (exact) mass is 478 g/mol. The summed E-state index contributed by atoms with van der Waals surface area (Å²) in [5, 5.41) is 23.1. The van der Waals surface area contributed by atoms with Crippen LogP contribution in [0.4, 0.5) is 4.39 Å². The van der Waals surface area contributed by atoms with Crippen molar-refractivity contribution in [1.82, 2.24) is 0 Å². The molecule has 4 aliphatic carbocycles. The molecule has 4 rings (SSSR count). The number of allylic oxidation sites excluding steroid dienone is 4. The van der Waals surface area contributed by atoms with Gasteiger partial charge in [0.1, 0.15) is 6.10 Å². The maximum Gasteiger partial charge on any atom is 0.303 e. The van der Waals surface area contributed by atoms with E-state index in [1.165, 1.54) is 18.2 Å². The molecule has 2 N–H and O–H groups in total. The Hall–Kier alpha value is -2.39. The number of ketones is 2. The van der Waals surface area contributed by atoms with E-state index in [9.17, 15) is 29.4 Å². The van der Waals surface area contributed by atoms with Crippen molar-refractivity contribution in [3.63, 3.8) is 0 Å². The van der Waals surface area contributed by atoms with Gasteiger partial charge in [-0.15, -0.1) is 0 Å². The molecule has 0 heterocycles. The van der Waals surface area contributed by atoms with Crippen LogP contribution in [0.1, 0.15) is 53.4 Å². The van der Waals surface area contributed by atoms with Crippen LogP contribution in [0.5, 0.6) is 0 Å². The van der Waals surface area contributed by atoms with Gasteiger partial charge in [-0.05, 0) is 50.7 Å². The molecule has 8 nitrogen and oxygen atoms in total. The number of halogens is 1. The second-order valence-corrected chi connectivity index (χ2v) is 10.6. The van der Waals surface area contributed by atoms with Crippen molar-refractivity contribution >= 4 is 23.5 Å². The van der Waals surface area contributed by atoms with Gasteiger partial charge in [0.15, 0.2) is 23.7 Å². The fraction of sp³-hybridized carbons (Fsp3) is 0.680. The molecule has 3 fully saturated rings. The standard InChI is InChI=1S/C25H31FO8/c1-13(27)33-12-20(31)25(32)21(34-14(2)28)10-18-17-6-5-15-9-16(29)7-8-22(15,3)24(17,26)19(30)11-23(18,25)4/h7-9,17-19,21,30,32H,5-6,10-12H2,1-4H3/t17?,18?,19-,21+,22?,23?,24-,25+/m0/s1. The van der Waals surface area contributed by atoms with Crippen molar-refractivity contribution in [3.8, 4) is 0 Å². The van der Waals surface area contributed by atoms with Gasteiger partial charge >= 0.3 is 11.9 Å². The summed E-state index contributed by atoms with van der Waals surface area (Å²) >= 11 is 0. The van der Waals surface area contributed by atoms with Crippen LogP contribution in [-0.2, 0) is 28.7 Å². The van der Waals surface area contributed by atoms with Gasteiger partial charge in [-0.1, -0.05) is 18.6 Å². The molecule has 0 radical (unpaired) electrons. The zero-order chi connectivity index (χ0) is 25.3. The first kappa shape index (κ1) is 24.7. The Morgan fingerprint density at radius 3 is 2.47 bits per heavy atom. The summed E-state index contributed by atoms with van der Waals surface area (Å²) in [7, 11) is 0. The van der Waals surface area contributed by atoms with Crippen molar-refractivity contribution in [2.75, 3.05) is 6.61 Å². The minimum Gasteiger partial charge on any atom is -0.459 e. The van der Waals surface area contributed by atoms with Crippen molar-refractivity contribution in [2.45, 2.75) is 76.9 Å². The van der Waals surface area contributed by atoms with E-state index in [1.807, 2.05) is 0 Å². The van der Waals surface area contributed by atoms with Crippen LogP contribution >= 0.6 is 0 Å². The van der Waals surface area contributed by atoms with Crippen molar-refractivity contribution in [3.05, 3.63) is 23.8 Å². The number of hydrogen-bond donors (Lipinski definition) is 2. The normalized spacial score (nSPS) is 44.9. The van der Waals surface area contributed by atoms with E-state index in [0.29, 0.717) is 12.0 Å². The Bertz CT molecular complexity index is 1020. The molecular weight excluding hydrogens is 447 g/mol. The van der Waals surface area contributed by atoms with E-state index in [0.717, 1.165) is 13.8 Å². The van der Waals surface area contributed by atoms with E-state index in [2.05, 4.69) is 0 Å². The minimum absolute atomic E-state index is 0.0131. The average molecular weight is 479 g/mol. The first-order valence-electron chi connectivity index (χ1n) is 11.6. The Morgan fingerprint density at radius 1 is 1.18 bits per heavy atom. The number of carbonyl (C=O) groups excluding carboxylic acids is 4. The minimum atomic E-state index is -2.28. The number of hydrogen-bond acceptors (Lipinski definition) is 8. The van der Waals surface area contributed by atoms with Gasteiger partial charge < -0.3 is 19.7 Å².